The third-order valence-electron chi connectivity index (χ3n) is 7.46. The van der Waals surface area contributed by atoms with Gasteiger partial charge in [-0.15, -0.1) is 13.2 Å². The number of ether oxygens (including phenoxy) is 1. The summed E-state index contributed by atoms with van der Waals surface area (Å²) >= 11 is 0. The van der Waals surface area contributed by atoms with Gasteiger partial charge in [-0.05, 0) is 49.1 Å². The van der Waals surface area contributed by atoms with Crippen LogP contribution in [0.25, 0.3) is 11.0 Å². The Morgan fingerprint density at radius 2 is 1.76 bits per heavy atom. The van der Waals surface area contributed by atoms with Crippen LogP contribution in [-0.4, -0.2) is 46.0 Å². The van der Waals surface area contributed by atoms with Crippen LogP contribution in [0.3, 0.4) is 0 Å². The molecule has 3 heterocycles. The molecule has 2 unspecified atom stereocenters. The van der Waals surface area contributed by atoms with Gasteiger partial charge in [-0.2, -0.15) is 5.26 Å². The van der Waals surface area contributed by atoms with Crippen molar-refractivity contribution < 1.29 is 17.9 Å². The Kier molecular flexibility index (Phi) is 7.97. The topological polar surface area (TPSA) is 74.4 Å². The van der Waals surface area contributed by atoms with Crippen molar-refractivity contribution in [1.29, 1.82) is 5.26 Å². The quantitative estimate of drug-likeness (QED) is 0.402. The summed E-state index contributed by atoms with van der Waals surface area (Å²) in [5.74, 6) is -0.235. The van der Waals surface area contributed by atoms with E-state index in [1.54, 1.807) is 41.9 Å². The molecular formula is C28H32F3N5O2. The van der Waals surface area contributed by atoms with Crippen molar-refractivity contribution in [3.63, 3.8) is 0 Å². The molecular weight excluding hydrogens is 495 g/mol. The molecule has 0 amide bonds. The van der Waals surface area contributed by atoms with E-state index >= 15 is 0 Å². The first-order chi connectivity index (χ1) is 18.1. The Morgan fingerprint density at radius 3 is 2.34 bits per heavy atom. The minimum Gasteiger partial charge on any atom is -0.406 e. The van der Waals surface area contributed by atoms with E-state index in [2.05, 4.69) is 46.4 Å². The Hall–Kier alpha value is -3.58. The van der Waals surface area contributed by atoms with E-state index in [4.69, 9.17) is 0 Å². The van der Waals surface area contributed by atoms with Gasteiger partial charge in [0.05, 0.1) is 11.2 Å². The van der Waals surface area contributed by atoms with Crippen LogP contribution in [0.4, 0.5) is 18.9 Å². The number of pyridine rings is 2. The van der Waals surface area contributed by atoms with Gasteiger partial charge in [-0.1, -0.05) is 32.9 Å². The summed E-state index contributed by atoms with van der Waals surface area (Å²) in [5, 5.41) is 9.44. The zero-order valence-corrected chi connectivity index (χ0v) is 22.0. The first-order valence-corrected chi connectivity index (χ1v) is 12.9. The normalized spacial score (nSPS) is 19.4. The number of halogens is 3. The number of hydrogen-bond donors (Lipinski definition) is 0. The monoisotopic (exact) mass is 527 g/mol. The molecule has 202 valence electrons. The number of benzene rings is 1. The van der Waals surface area contributed by atoms with Gasteiger partial charge < -0.3 is 14.2 Å². The number of aryl methyl sites for hydroxylation is 1. The Labute approximate surface area is 220 Å². The molecule has 1 aliphatic heterocycles. The average molecular weight is 528 g/mol. The van der Waals surface area contributed by atoms with Gasteiger partial charge in [0, 0.05) is 44.3 Å². The molecule has 2 aromatic heterocycles. The van der Waals surface area contributed by atoms with Gasteiger partial charge >= 0.3 is 6.36 Å². The van der Waals surface area contributed by atoms with Crippen molar-refractivity contribution in [2.45, 2.75) is 64.5 Å². The molecule has 3 aromatic rings. The van der Waals surface area contributed by atoms with Crippen LogP contribution in [0.5, 0.6) is 5.75 Å². The SMILES string of the molecule is CCC1CN(c2cc(=O)n(C)c3ccc(C#N)nc23)[C@@H](CC)CN1C(CC)c1ccc(OC(F)(F)F)cc1. The molecule has 1 fully saturated rings. The second-order valence-corrected chi connectivity index (χ2v) is 9.62. The van der Waals surface area contributed by atoms with Crippen LogP contribution in [-0.2, 0) is 7.05 Å². The third-order valence-corrected chi connectivity index (χ3v) is 7.46. The van der Waals surface area contributed by atoms with Crippen LogP contribution in [0, 0.1) is 11.3 Å². The molecule has 0 spiro atoms. The fourth-order valence-corrected chi connectivity index (χ4v) is 5.51. The number of fused-ring (bicyclic) bond motifs is 1. The van der Waals surface area contributed by atoms with Gasteiger partial charge in [0.1, 0.15) is 23.0 Å². The molecule has 38 heavy (non-hydrogen) atoms. The largest absolute Gasteiger partial charge is 0.573 e. The van der Waals surface area contributed by atoms with Crippen LogP contribution >= 0.6 is 0 Å². The van der Waals surface area contributed by atoms with E-state index in [0.717, 1.165) is 30.5 Å². The molecule has 3 atom stereocenters. The molecule has 1 aromatic carbocycles. The first-order valence-electron chi connectivity index (χ1n) is 12.9. The predicted octanol–water partition coefficient (Wildman–Crippen LogP) is 5.53. The molecule has 1 aliphatic rings. The molecule has 7 nitrogen and oxygen atoms in total. The molecule has 0 saturated carbocycles. The van der Waals surface area contributed by atoms with Crippen molar-refractivity contribution in [1.82, 2.24) is 14.5 Å². The summed E-state index contributed by atoms with van der Waals surface area (Å²) in [5.41, 5.74) is 3.11. The van der Waals surface area contributed by atoms with E-state index in [1.165, 1.54) is 12.1 Å². The lowest BCUT2D eigenvalue weighted by Gasteiger charge is -2.50. The summed E-state index contributed by atoms with van der Waals surface area (Å²) in [6.07, 6.45) is -2.28. The number of aromatic nitrogens is 2. The number of piperazine rings is 1. The zero-order chi connectivity index (χ0) is 27.6. The van der Waals surface area contributed by atoms with Crippen molar-refractivity contribution in [3.8, 4) is 11.8 Å². The van der Waals surface area contributed by atoms with Crippen molar-refractivity contribution >= 4 is 16.7 Å². The lowest BCUT2D eigenvalue weighted by molar-refractivity contribution is -0.274. The van der Waals surface area contributed by atoms with Gasteiger partial charge in [0.15, 0.2) is 0 Å². The second kappa shape index (κ2) is 11.0. The van der Waals surface area contributed by atoms with Gasteiger partial charge in [-0.3, -0.25) is 9.69 Å². The van der Waals surface area contributed by atoms with Crippen molar-refractivity contribution in [2.75, 3.05) is 18.0 Å². The summed E-state index contributed by atoms with van der Waals surface area (Å²) in [4.78, 5) is 22.1. The minimum atomic E-state index is -4.73. The van der Waals surface area contributed by atoms with Gasteiger partial charge in [0.25, 0.3) is 5.56 Å². The smallest absolute Gasteiger partial charge is 0.406 e. The highest BCUT2D eigenvalue weighted by atomic mass is 19.4. The van der Waals surface area contributed by atoms with E-state index in [-0.39, 0.29) is 29.4 Å². The van der Waals surface area contributed by atoms with E-state index < -0.39 is 6.36 Å². The van der Waals surface area contributed by atoms with Crippen molar-refractivity contribution in [3.05, 3.63) is 64.1 Å². The van der Waals surface area contributed by atoms with Gasteiger partial charge in [-0.25, -0.2) is 4.98 Å². The number of nitrogens with zero attached hydrogens (tertiary/aromatic N) is 5. The number of alkyl halides is 3. The molecule has 4 rings (SSSR count). The molecule has 0 N–H and O–H groups in total. The number of nitriles is 1. The number of hydrogen-bond acceptors (Lipinski definition) is 6. The summed E-state index contributed by atoms with van der Waals surface area (Å²) < 4.78 is 43.5. The van der Waals surface area contributed by atoms with Crippen LogP contribution in [0.1, 0.15) is 57.3 Å². The highest BCUT2D eigenvalue weighted by Crippen LogP contribution is 2.36. The second-order valence-electron chi connectivity index (χ2n) is 9.62. The standard InChI is InChI=1S/C28H32F3N5O2/c1-5-20-17-36(25-14-26(37)34(4)24-13-10-19(15-32)33-27(24)25)21(6-2)16-35(20)23(7-3)18-8-11-22(12-9-18)38-28(29,30)31/h8-14,20-21,23H,5-7,16-17H2,1-4H3/t20?,21-,23?/m0/s1. The maximum atomic E-state index is 12.9. The highest BCUT2D eigenvalue weighted by molar-refractivity contribution is 5.89. The third kappa shape index (κ3) is 5.48. The van der Waals surface area contributed by atoms with Gasteiger partial charge in [0.2, 0.25) is 0 Å². The average Bonchev–Trinajstić information content (AvgIpc) is 2.90. The van der Waals surface area contributed by atoms with E-state index in [9.17, 15) is 23.2 Å². The van der Waals surface area contributed by atoms with Crippen LogP contribution in [0.2, 0.25) is 0 Å². The molecule has 0 bridgehead atoms. The van der Waals surface area contributed by atoms with Crippen LogP contribution < -0.4 is 15.2 Å². The maximum absolute atomic E-state index is 12.9. The predicted molar refractivity (Wildman–Crippen MR) is 140 cm³/mol. The Morgan fingerprint density at radius 1 is 1.08 bits per heavy atom. The molecule has 0 aliphatic carbocycles. The maximum Gasteiger partial charge on any atom is 0.573 e. The summed E-state index contributed by atoms with van der Waals surface area (Å²) in [6.45, 7) is 7.66. The Balaban J connectivity index is 1.69. The molecule has 10 heteroatoms. The van der Waals surface area contributed by atoms with Crippen LogP contribution in [0.15, 0.2) is 47.3 Å². The zero-order valence-electron chi connectivity index (χ0n) is 22.0. The number of anilines is 1. The van der Waals surface area contributed by atoms with E-state index in [0.29, 0.717) is 29.8 Å². The van der Waals surface area contributed by atoms with Crippen molar-refractivity contribution in [2.24, 2.45) is 7.05 Å². The fourth-order valence-electron chi connectivity index (χ4n) is 5.51. The first kappa shape index (κ1) is 27.5. The van der Waals surface area contributed by atoms with E-state index in [1.807, 2.05) is 0 Å². The lowest BCUT2D eigenvalue weighted by atomic mass is 9.94. The highest BCUT2D eigenvalue weighted by Gasteiger charge is 2.37. The fraction of sp³-hybridized carbons (Fsp3) is 0.464. The summed E-state index contributed by atoms with van der Waals surface area (Å²) in [6, 6.07) is 13.4. The Bertz CT molecular complexity index is 1380. The molecule has 0 radical (unpaired) electrons. The number of rotatable bonds is 7. The molecule has 1 saturated heterocycles. The summed E-state index contributed by atoms with van der Waals surface area (Å²) in [7, 11) is 1.70. The lowest BCUT2D eigenvalue weighted by Crippen LogP contribution is -2.59. The minimum absolute atomic E-state index is 0.0137.